The first-order valence-corrected chi connectivity index (χ1v) is 15.0. The Morgan fingerprint density at radius 2 is 1.18 bits per heavy atom. The molecule has 0 N–H and O–H groups in total. The molecule has 0 saturated heterocycles. The number of carbonyl (C=O) groups is 1. The number of allylic oxidation sites excluding steroid dienone is 1. The molecule has 1 unspecified atom stereocenters. The molecule has 34 heavy (non-hydrogen) atoms. The maximum atomic E-state index is 11.7. The van der Waals surface area contributed by atoms with Crippen molar-refractivity contribution in [2.24, 2.45) is 5.92 Å². The second kappa shape index (κ2) is 26.8. The van der Waals surface area contributed by atoms with E-state index in [1.165, 1.54) is 116 Å². The minimum Gasteiger partial charge on any atom is -0.461 e. The van der Waals surface area contributed by atoms with Gasteiger partial charge in [-0.1, -0.05) is 129 Å². The molecule has 0 amide bonds. The van der Waals surface area contributed by atoms with Gasteiger partial charge in [-0.05, 0) is 45.7 Å². The van der Waals surface area contributed by atoms with E-state index in [0.29, 0.717) is 13.0 Å². The van der Waals surface area contributed by atoms with Crippen LogP contribution in [0.2, 0.25) is 0 Å². The number of hydrogen-bond donors (Lipinski definition) is 0. The first-order chi connectivity index (χ1) is 16.6. The molecule has 0 radical (unpaired) electrons. The lowest BCUT2D eigenvalue weighted by Crippen LogP contribution is -2.21. The Morgan fingerprint density at radius 3 is 1.71 bits per heavy atom. The maximum Gasteiger partial charge on any atom is 0.306 e. The van der Waals surface area contributed by atoms with E-state index in [-0.39, 0.29) is 5.97 Å². The van der Waals surface area contributed by atoms with E-state index in [1.54, 1.807) is 0 Å². The minimum absolute atomic E-state index is 0.0380. The summed E-state index contributed by atoms with van der Waals surface area (Å²) >= 11 is 0. The van der Waals surface area contributed by atoms with Crippen LogP contribution in [0.1, 0.15) is 149 Å². The lowest BCUT2D eigenvalue weighted by molar-refractivity contribution is -0.142. The van der Waals surface area contributed by atoms with E-state index >= 15 is 0 Å². The van der Waals surface area contributed by atoms with Crippen LogP contribution in [0.15, 0.2) is 12.2 Å². The number of carbonyl (C=O) groups excluding carboxylic acids is 1. The molecule has 1 atom stereocenters. The summed E-state index contributed by atoms with van der Waals surface area (Å²) < 4.78 is 5.26. The van der Waals surface area contributed by atoms with Crippen LogP contribution in [-0.4, -0.2) is 38.1 Å². The summed E-state index contributed by atoms with van der Waals surface area (Å²) in [6.07, 6.45) is 31.1. The quantitative estimate of drug-likeness (QED) is 0.0702. The molecule has 0 aromatic carbocycles. The first kappa shape index (κ1) is 33.2. The van der Waals surface area contributed by atoms with E-state index in [1.807, 2.05) is 6.08 Å². The molecule has 0 aliphatic carbocycles. The van der Waals surface area contributed by atoms with Crippen LogP contribution in [0.25, 0.3) is 0 Å². The molecular weight excluding hydrogens is 418 g/mol. The Bertz CT molecular complexity index is 447. The lowest BCUT2D eigenvalue weighted by Gasteiger charge is -2.21. The van der Waals surface area contributed by atoms with E-state index in [0.717, 1.165) is 25.2 Å². The van der Waals surface area contributed by atoms with Gasteiger partial charge in [0.2, 0.25) is 0 Å². The van der Waals surface area contributed by atoms with Gasteiger partial charge in [0, 0.05) is 13.0 Å². The van der Waals surface area contributed by atoms with Crippen LogP contribution >= 0.6 is 0 Å². The molecule has 0 heterocycles. The molecular formula is C31H61NO2. The average Bonchev–Trinajstić information content (AvgIpc) is 2.81. The third-order valence-corrected chi connectivity index (χ3v) is 6.81. The monoisotopic (exact) mass is 479 g/mol. The smallest absolute Gasteiger partial charge is 0.306 e. The van der Waals surface area contributed by atoms with Gasteiger partial charge < -0.3 is 9.64 Å². The number of esters is 1. The highest BCUT2D eigenvalue weighted by molar-refractivity contribution is 5.69. The average molecular weight is 480 g/mol. The summed E-state index contributed by atoms with van der Waals surface area (Å²) in [5.74, 6) is 0.848. The second-order valence-corrected chi connectivity index (χ2v) is 10.7. The fourth-order valence-electron chi connectivity index (χ4n) is 4.72. The van der Waals surface area contributed by atoms with Gasteiger partial charge in [-0.15, -0.1) is 0 Å². The zero-order chi connectivity index (χ0) is 25.1. The molecule has 0 aromatic heterocycles. The zero-order valence-electron chi connectivity index (χ0n) is 23.8. The van der Waals surface area contributed by atoms with Crippen molar-refractivity contribution < 1.29 is 9.53 Å². The SMILES string of the molecule is CCCC/C=C\COC(=O)CCCCCCCCCCC(CCCCCCCCC)CN(C)C. The van der Waals surface area contributed by atoms with E-state index in [2.05, 4.69) is 38.9 Å². The van der Waals surface area contributed by atoms with Crippen LogP contribution in [0.3, 0.4) is 0 Å². The minimum atomic E-state index is -0.0380. The highest BCUT2D eigenvalue weighted by Crippen LogP contribution is 2.20. The molecule has 0 saturated carbocycles. The van der Waals surface area contributed by atoms with E-state index in [9.17, 15) is 4.79 Å². The van der Waals surface area contributed by atoms with Gasteiger partial charge in [-0.3, -0.25) is 4.79 Å². The van der Waals surface area contributed by atoms with Gasteiger partial charge in [0.05, 0.1) is 0 Å². The summed E-state index contributed by atoms with van der Waals surface area (Å²) in [6.45, 7) is 6.18. The largest absolute Gasteiger partial charge is 0.461 e. The van der Waals surface area contributed by atoms with Gasteiger partial charge >= 0.3 is 5.97 Å². The van der Waals surface area contributed by atoms with Crippen molar-refractivity contribution in [3.63, 3.8) is 0 Å². The van der Waals surface area contributed by atoms with E-state index < -0.39 is 0 Å². The number of rotatable bonds is 26. The Labute approximate surface area is 214 Å². The number of hydrogen-bond acceptors (Lipinski definition) is 3. The fraction of sp³-hybridized carbons (Fsp3) is 0.903. The molecule has 0 fully saturated rings. The van der Waals surface area contributed by atoms with Gasteiger partial charge in [0.25, 0.3) is 0 Å². The van der Waals surface area contributed by atoms with Crippen molar-refractivity contribution >= 4 is 5.97 Å². The van der Waals surface area contributed by atoms with Gasteiger partial charge in [-0.25, -0.2) is 0 Å². The topological polar surface area (TPSA) is 29.5 Å². The van der Waals surface area contributed by atoms with Crippen LogP contribution in [0.4, 0.5) is 0 Å². The lowest BCUT2D eigenvalue weighted by atomic mass is 9.93. The van der Waals surface area contributed by atoms with Gasteiger partial charge in [0.15, 0.2) is 0 Å². The third-order valence-electron chi connectivity index (χ3n) is 6.81. The van der Waals surface area contributed by atoms with Crippen molar-refractivity contribution in [2.45, 2.75) is 149 Å². The highest BCUT2D eigenvalue weighted by atomic mass is 16.5. The number of nitrogens with zero attached hydrogens (tertiary/aromatic N) is 1. The van der Waals surface area contributed by atoms with Crippen LogP contribution in [0, 0.1) is 5.92 Å². The molecule has 0 bridgehead atoms. The summed E-state index contributed by atoms with van der Waals surface area (Å²) in [6, 6.07) is 0. The van der Waals surface area contributed by atoms with Crippen molar-refractivity contribution in [1.29, 1.82) is 0 Å². The van der Waals surface area contributed by atoms with Crippen LogP contribution in [-0.2, 0) is 9.53 Å². The normalized spacial score (nSPS) is 12.6. The fourth-order valence-corrected chi connectivity index (χ4v) is 4.72. The van der Waals surface area contributed by atoms with Gasteiger partial charge in [0.1, 0.15) is 6.61 Å². The molecule has 0 aromatic rings. The Balaban J connectivity index is 3.57. The third kappa shape index (κ3) is 25.8. The van der Waals surface area contributed by atoms with Crippen molar-refractivity contribution in [1.82, 2.24) is 4.90 Å². The summed E-state index contributed by atoms with van der Waals surface area (Å²) in [5.41, 5.74) is 0. The summed E-state index contributed by atoms with van der Waals surface area (Å²) in [5, 5.41) is 0. The zero-order valence-corrected chi connectivity index (χ0v) is 23.8. The molecule has 0 spiro atoms. The molecule has 3 nitrogen and oxygen atoms in total. The summed E-state index contributed by atoms with van der Waals surface area (Å²) in [7, 11) is 4.45. The molecule has 0 aliphatic rings. The van der Waals surface area contributed by atoms with Crippen LogP contribution < -0.4 is 0 Å². The second-order valence-electron chi connectivity index (χ2n) is 10.7. The van der Waals surface area contributed by atoms with Crippen molar-refractivity contribution in [3.05, 3.63) is 12.2 Å². The number of ether oxygens (including phenoxy) is 1. The Morgan fingerprint density at radius 1 is 0.676 bits per heavy atom. The Kier molecular flexibility index (Phi) is 26.1. The Hall–Kier alpha value is -0.830. The maximum absolute atomic E-state index is 11.7. The van der Waals surface area contributed by atoms with Gasteiger partial charge in [-0.2, -0.15) is 0 Å². The van der Waals surface area contributed by atoms with Crippen LogP contribution in [0.5, 0.6) is 0 Å². The van der Waals surface area contributed by atoms with E-state index in [4.69, 9.17) is 4.74 Å². The highest BCUT2D eigenvalue weighted by Gasteiger charge is 2.10. The molecule has 3 heteroatoms. The summed E-state index contributed by atoms with van der Waals surface area (Å²) in [4.78, 5) is 14.1. The van der Waals surface area contributed by atoms with Crippen molar-refractivity contribution in [2.75, 3.05) is 27.2 Å². The molecule has 0 aliphatic heterocycles. The standard InChI is InChI=1S/C31H61NO2/c1-5-7-9-11-14-17-21-25-30(29-32(3)4)26-22-18-15-12-13-16-19-23-27-31(33)34-28-24-20-10-8-6-2/h20,24,30H,5-19,21-23,25-29H2,1-4H3/b24-20-. The van der Waals surface area contributed by atoms with Crippen molar-refractivity contribution in [3.8, 4) is 0 Å². The molecule has 202 valence electrons. The molecule has 0 rings (SSSR count). The number of unbranched alkanes of at least 4 members (excludes halogenated alkanes) is 15. The predicted octanol–water partition coefficient (Wildman–Crippen LogP) is 9.50. The predicted molar refractivity (Wildman–Crippen MR) is 150 cm³/mol. The first-order valence-electron chi connectivity index (χ1n) is 15.0.